The molecule has 1 N–H and O–H groups in total. The first-order chi connectivity index (χ1) is 11.5. The van der Waals surface area contributed by atoms with Gasteiger partial charge < -0.3 is 15.1 Å². The van der Waals surface area contributed by atoms with Crippen LogP contribution in [0, 0.1) is 0 Å². The highest BCUT2D eigenvalue weighted by atomic mass is 127. The molecule has 2 rings (SSSR count). The number of hydrogen-bond acceptors (Lipinski definition) is 3. The van der Waals surface area contributed by atoms with Gasteiger partial charge in [-0.25, -0.2) is 0 Å². The molecule has 5 nitrogen and oxygen atoms in total. The summed E-state index contributed by atoms with van der Waals surface area (Å²) in [5.74, 6) is 2.52. The predicted octanol–water partition coefficient (Wildman–Crippen LogP) is 3.19. The topological polar surface area (TPSA) is 47.9 Å². The maximum Gasteiger partial charge on any atom is 0.222 e. The Labute approximate surface area is 174 Å². The van der Waals surface area contributed by atoms with Crippen LogP contribution in [0.4, 0.5) is 0 Å². The van der Waals surface area contributed by atoms with Gasteiger partial charge >= 0.3 is 0 Å². The van der Waals surface area contributed by atoms with E-state index in [1.165, 1.54) is 6.42 Å². The summed E-state index contributed by atoms with van der Waals surface area (Å²) in [6.45, 7) is 12.3. The van der Waals surface area contributed by atoms with Crippen molar-refractivity contribution in [2.24, 2.45) is 4.99 Å². The highest BCUT2D eigenvalue weighted by molar-refractivity contribution is 14.0. The number of carbonyl (C=O) groups is 1. The Kier molecular flexibility index (Phi) is 10.5. The molecule has 2 saturated heterocycles. The Hall–Kier alpha value is -0.180. The van der Waals surface area contributed by atoms with Gasteiger partial charge in [-0.2, -0.15) is 11.8 Å². The minimum Gasteiger partial charge on any atom is -0.357 e. The summed E-state index contributed by atoms with van der Waals surface area (Å²) in [6.07, 6.45) is 5.08. The fraction of sp³-hybridized carbons (Fsp3) is 0.889. The van der Waals surface area contributed by atoms with Crippen LogP contribution in [0.1, 0.15) is 52.9 Å². The third-order valence-corrected chi connectivity index (χ3v) is 5.88. The zero-order chi connectivity index (χ0) is 17.4. The van der Waals surface area contributed by atoms with Gasteiger partial charge in [0.05, 0.1) is 0 Å². The smallest absolute Gasteiger partial charge is 0.222 e. The Morgan fingerprint density at radius 2 is 2.08 bits per heavy atom. The molecule has 0 aromatic rings. The number of amides is 1. The lowest BCUT2D eigenvalue weighted by atomic mass is 10.2. The Balaban J connectivity index is 0.00000312. The number of thioether (sulfide) groups is 1. The molecule has 0 saturated carbocycles. The Morgan fingerprint density at radius 1 is 1.28 bits per heavy atom. The number of carbonyl (C=O) groups excluding carboxylic acids is 1. The lowest BCUT2D eigenvalue weighted by Crippen LogP contribution is -2.51. The van der Waals surface area contributed by atoms with E-state index in [9.17, 15) is 4.79 Å². The number of halogens is 1. The van der Waals surface area contributed by atoms with E-state index in [4.69, 9.17) is 4.99 Å². The van der Waals surface area contributed by atoms with Gasteiger partial charge in [0.25, 0.3) is 0 Å². The summed E-state index contributed by atoms with van der Waals surface area (Å²) >= 11 is 2.04. The van der Waals surface area contributed by atoms with Crippen molar-refractivity contribution in [1.82, 2.24) is 15.1 Å². The van der Waals surface area contributed by atoms with Crippen LogP contribution in [-0.4, -0.2) is 71.4 Å². The molecule has 2 aliphatic heterocycles. The summed E-state index contributed by atoms with van der Waals surface area (Å²) < 4.78 is 0.285. The standard InChI is InChI=1S/C18H34N4OS.HI/c1-4-19-17(22-13-14-24-18(2,3)15-22)20-10-8-12-21-11-7-5-6-9-16(21)23;/h4-15H2,1-3H3,(H,19,20);1H. The highest BCUT2D eigenvalue weighted by Crippen LogP contribution is 2.29. The first kappa shape index (κ1) is 22.9. The third kappa shape index (κ3) is 7.93. The van der Waals surface area contributed by atoms with Crippen molar-refractivity contribution < 1.29 is 4.79 Å². The van der Waals surface area contributed by atoms with E-state index in [0.29, 0.717) is 5.91 Å². The van der Waals surface area contributed by atoms with E-state index >= 15 is 0 Å². The molecule has 7 heteroatoms. The molecule has 0 bridgehead atoms. The van der Waals surface area contributed by atoms with Crippen LogP contribution in [-0.2, 0) is 4.79 Å². The van der Waals surface area contributed by atoms with Crippen LogP contribution in [0.5, 0.6) is 0 Å². The molecule has 0 aliphatic carbocycles. The summed E-state index contributed by atoms with van der Waals surface area (Å²) in [5.41, 5.74) is 0. The van der Waals surface area contributed by atoms with Crippen molar-refractivity contribution in [1.29, 1.82) is 0 Å². The second kappa shape index (κ2) is 11.5. The van der Waals surface area contributed by atoms with Gasteiger partial charge in [-0.1, -0.05) is 6.42 Å². The summed E-state index contributed by atoms with van der Waals surface area (Å²) in [7, 11) is 0. The second-order valence-corrected chi connectivity index (χ2v) is 9.11. The normalized spacial score (nSPS) is 21.6. The van der Waals surface area contributed by atoms with E-state index in [0.717, 1.165) is 76.7 Å². The number of nitrogens with zero attached hydrogens (tertiary/aromatic N) is 3. The summed E-state index contributed by atoms with van der Waals surface area (Å²) in [6, 6.07) is 0. The molecule has 1 amide bonds. The minimum atomic E-state index is 0. The van der Waals surface area contributed by atoms with E-state index < -0.39 is 0 Å². The zero-order valence-electron chi connectivity index (χ0n) is 16.1. The van der Waals surface area contributed by atoms with Gasteiger partial charge in [-0.05, 0) is 40.0 Å². The van der Waals surface area contributed by atoms with Crippen molar-refractivity contribution in [3.63, 3.8) is 0 Å². The zero-order valence-corrected chi connectivity index (χ0v) is 19.2. The SMILES string of the molecule is CCNC(=NCCCN1CCCCCC1=O)N1CCSC(C)(C)C1.I. The molecule has 2 heterocycles. The molecule has 0 atom stereocenters. The maximum absolute atomic E-state index is 12.0. The molecule has 25 heavy (non-hydrogen) atoms. The van der Waals surface area contributed by atoms with Crippen LogP contribution < -0.4 is 5.32 Å². The van der Waals surface area contributed by atoms with E-state index in [2.05, 4.69) is 31.0 Å². The minimum absolute atomic E-state index is 0. The largest absolute Gasteiger partial charge is 0.357 e. The quantitative estimate of drug-likeness (QED) is 0.283. The molecule has 2 fully saturated rings. The van der Waals surface area contributed by atoms with Gasteiger partial charge in [-0.15, -0.1) is 24.0 Å². The average Bonchev–Trinajstić information content (AvgIpc) is 2.74. The molecule has 0 spiro atoms. The highest BCUT2D eigenvalue weighted by Gasteiger charge is 2.28. The molecule has 2 aliphatic rings. The molecule has 0 radical (unpaired) electrons. The number of hydrogen-bond donors (Lipinski definition) is 1. The number of likely N-dealkylation sites (tertiary alicyclic amines) is 1. The van der Waals surface area contributed by atoms with Crippen LogP contribution in [0.2, 0.25) is 0 Å². The lowest BCUT2D eigenvalue weighted by Gasteiger charge is -2.39. The number of nitrogens with one attached hydrogen (secondary N) is 1. The van der Waals surface area contributed by atoms with Gasteiger partial charge in [0.15, 0.2) is 5.96 Å². The fourth-order valence-electron chi connectivity index (χ4n) is 3.34. The van der Waals surface area contributed by atoms with Gasteiger partial charge in [0.1, 0.15) is 0 Å². The summed E-state index contributed by atoms with van der Waals surface area (Å²) in [5, 5.41) is 3.43. The predicted molar refractivity (Wildman–Crippen MR) is 119 cm³/mol. The Bertz CT molecular complexity index is 445. The van der Waals surface area contributed by atoms with Crippen molar-refractivity contribution in [2.75, 3.05) is 45.0 Å². The van der Waals surface area contributed by atoms with Crippen LogP contribution >= 0.6 is 35.7 Å². The van der Waals surface area contributed by atoms with Crippen molar-refractivity contribution in [3.05, 3.63) is 0 Å². The molecular formula is C18H35IN4OS. The molecule has 0 unspecified atom stereocenters. The Morgan fingerprint density at radius 3 is 2.80 bits per heavy atom. The first-order valence-corrected chi connectivity index (χ1v) is 10.5. The second-order valence-electron chi connectivity index (χ2n) is 7.31. The number of aliphatic imine (C=N–C) groups is 1. The average molecular weight is 482 g/mol. The molecule has 146 valence electrons. The van der Waals surface area contributed by atoms with E-state index in [-0.39, 0.29) is 28.7 Å². The van der Waals surface area contributed by atoms with Crippen molar-refractivity contribution in [2.45, 2.75) is 57.6 Å². The monoisotopic (exact) mass is 482 g/mol. The third-order valence-electron chi connectivity index (χ3n) is 4.58. The van der Waals surface area contributed by atoms with Gasteiger partial charge in [0.2, 0.25) is 5.91 Å². The van der Waals surface area contributed by atoms with E-state index in [1.807, 2.05) is 16.7 Å². The maximum atomic E-state index is 12.0. The van der Waals surface area contributed by atoms with Crippen molar-refractivity contribution >= 4 is 47.6 Å². The van der Waals surface area contributed by atoms with E-state index in [1.54, 1.807) is 0 Å². The molecule has 0 aromatic heterocycles. The number of guanidine groups is 1. The first-order valence-electron chi connectivity index (χ1n) is 9.47. The summed E-state index contributed by atoms with van der Waals surface area (Å²) in [4.78, 5) is 21.3. The van der Waals surface area contributed by atoms with Crippen molar-refractivity contribution in [3.8, 4) is 0 Å². The van der Waals surface area contributed by atoms with Crippen LogP contribution in [0.15, 0.2) is 4.99 Å². The van der Waals surface area contributed by atoms with Gasteiger partial charge in [0, 0.05) is 56.2 Å². The lowest BCUT2D eigenvalue weighted by molar-refractivity contribution is -0.130. The van der Waals surface area contributed by atoms with Gasteiger partial charge in [-0.3, -0.25) is 9.79 Å². The van der Waals surface area contributed by atoms with Crippen LogP contribution in [0.3, 0.4) is 0 Å². The molecular weight excluding hydrogens is 447 g/mol. The van der Waals surface area contributed by atoms with Crippen LogP contribution in [0.25, 0.3) is 0 Å². The fourth-order valence-corrected chi connectivity index (χ4v) is 4.46. The number of rotatable bonds is 5. The molecule has 0 aromatic carbocycles.